The van der Waals surface area contributed by atoms with Gasteiger partial charge in [0.25, 0.3) is 0 Å². The molecule has 0 aliphatic carbocycles. The standard InChI is InChI=1S/C15H16FN3O2/c1-10-3-4-12(16)13(7-10)19-15(20)18-9-11-5-6-17-14(8-11)21-2/h3-8H,9H2,1-2H3,(H2,18,19,20). The number of amides is 2. The van der Waals surface area contributed by atoms with E-state index < -0.39 is 11.8 Å². The molecule has 21 heavy (non-hydrogen) atoms. The molecule has 2 rings (SSSR count). The number of pyridine rings is 1. The number of hydrogen-bond acceptors (Lipinski definition) is 3. The first-order valence-corrected chi connectivity index (χ1v) is 6.38. The fourth-order valence-electron chi connectivity index (χ4n) is 1.76. The van der Waals surface area contributed by atoms with E-state index in [2.05, 4.69) is 15.6 Å². The van der Waals surface area contributed by atoms with Gasteiger partial charge in [-0.1, -0.05) is 6.07 Å². The Morgan fingerprint density at radius 3 is 2.90 bits per heavy atom. The number of benzene rings is 1. The average molecular weight is 289 g/mol. The van der Waals surface area contributed by atoms with Crippen molar-refractivity contribution in [2.75, 3.05) is 12.4 Å². The first-order valence-electron chi connectivity index (χ1n) is 6.38. The number of methoxy groups -OCH3 is 1. The van der Waals surface area contributed by atoms with E-state index in [1.807, 2.05) is 6.92 Å². The number of carbonyl (C=O) groups excluding carboxylic acids is 1. The number of aromatic nitrogens is 1. The van der Waals surface area contributed by atoms with Crippen LogP contribution in [0.2, 0.25) is 0 Å². The second-order valence-corrected chi connectivity index (χ2v) is 4.50. The molecule has 0 bridgehead atoms. The molecular formula is C15H16FN3O2. The number of anilines is 1. The summed E-state index contributed by atoms with van der Waals surface area (Å²) in [5.74, 6) is 0.000710. The molecule has 1 aromatic carbocycles. The van der Waals surface area contributed by atoms with Gasteiger partial charge in [-0.15, -0.1) is 0 Å². The molecule has 0 saturated carbocycles. The molecule has 0 unspecified atom stereocenters. The van der Waals surface area contributed by atoms with Crippen LogP contribution < -0.4 is 15.4 Å². The Morgan fingerprint density at radius 2 is 2.14 bits per heavy atom. The number of aryl methyl sites for hydroxylation is 1. The second-order valence-electron chi connectivity index (χ2n) is 4.50. The maximum absolute atomic E-state index is 13.5. The number of carbonyl (C=O) groups is 1. The number of rotatable bonds is 4. The Bertz CT molecular complexity index is 647. The molecule has 6 heteroatoms. The molecule has 1 heterocycles. The van der Waals surface area contributed by atoms with Crippen molar-refractivity contribution in [3.63, 3.8) is 0 Å². The second kappa shape index (κ2) is 6.69. The number of nitrogens with one attached hydrogen (secondary N) is 2. The highest BCUT2D eigenvalue weighted by Crippen LogP contribution is 2.15. The summed E-state index contributed by atoms with van der Waals surface area (Å²) in [6.45, 7) is 2.11. The Labute approximate surface area is 122 Å². The lowest BCUT2D eigenvalue weighted by Gasteiger charge is -2.09. The van der Waals surface area contributed by atoms with Gasteiger partial charge in [-0.05, 0) is 36.2 Å². The highest BCUT2D eigenvalue weighted by Gasteiger charge is 2.07. The van der Waals surface area contributed by atoms with E-state index in [1.54, 1.807) is 30.5 Å². The van der Waals surface area contributed by atoms with E-state index in [4.69, 9.17) is 4.74 Å². The lowest BCUT2D eigenvalue weighted by atomic mass is 10.2. The normalized spacial score (nSPS) is 10.0. The number of urea groups is 1. The highest BCUT2D eigenvalue weighted by molar-refractivity contribution is 5.89. The molecule has 5 nitrogen and oxygen atoms in total. The molecule has 0 atom stereocenters. The van der Waals surface area contributed by atoms with Gasteiger partial charge in [0.2, 0.25) is 5.88 Å². The number of nitrogens with zero attached hydrogens (tertiary/aromatic N) is 1. The Hall–Kier alpha value is -2.63. The van der Waals surface area contributed by atoms with E-state index in [9.17, 15) is 9.18 Å². The highest BCUT2D eigenvalue weighted by atomic mass is 19.1. The maximum Gasteiger partial charge on any atom is 0.319 e. The molecule has 110 valence electrons. The van der Waals surface area contributed by atoms with Crippen LogP contribution in [0.15, 0.2) is 36.5 Å². The van der Waals surface area contributed by atoms with Crippen molar-refractivity contribution >= 4 is 11.7 Å². The van der Waals surface area contributed by atoms with Gasteiger partial charge in [0.1, 0.15) is 5.82 Å². The van der Waals surface area contributed by atoms with E-state index >= 15 is 0 Å². The molecule has 0 radical (unpaired) electrons. The minimum Gasteiger partial charge on any atom is -0.481 e. The number of hydrogen-bond donors (Lipinski definition) is 2. The predicted molar refractivity (Wildman–Crippen MR) is 77.8 cm³/mol. The first-order chi connectivity index (χ1) is 10.1. The maximum atomic E-state index is 13.5. The van der Waals surface area contributed by atoms with Crippen molar-refractivity contribution in [1.29, 1.82) is 0 Å². The third kappa shape index (κ3) is 4.17. The summed E-state index contributed by atoms with van der Waals surface area (Å²) in [7, 11) is 1.52. The van der Waals surface area contributed by atoms with Crippen LogP contribution in [0.4, 0.5) is 14.9 Å². The topological polar surface area (TPSA) is 63.2 Å². The third-order valence-electron chi connectivity index (χ3n) is 2.83. The summed E-state index contributed by atoms with van der Waals surface area (Å²) < 4.78 is 18.5. The van der Waals surface area contributed by atoms with Gasteiger partial charge in [-0.25, -0.2) is 14.2 Å². The largest absolute Gasteiger partial charge is 0.481 e. The summed E-state index contributed by atoms with van der Waals surface area (Å²) in [5.41, 5.74) is 1.85. The van der Waals surface area contributed by atoms with Crippen LogP contribution in [-0.2, 0) is 6.54 Å². The zero-order chi connectivity index (χ0) is 15.2. The van der Waals surface area contributed by atoms with E-state index in [-0.39, 0.29) is 12.2 Å². The van der Waals surface area contributed by atoms with E-state index in [0.29, 0.717) is 5.88 Å². The molecule has 0 fully saturated rings. The van der Waals surface area contributed by atoms with Gasteiger partial charge in [-0.3, -0.25) is 0 Å². The Balaban J connectivity index is 1.94. The van der Waals surface area contributed by atoms with Crippen LogP contribution in [0.3, 0.4) is 0 Å². The molecule has 0 aliphatic rings. The van der Waals surface area contributed by atoms with E-state index in [1.165, 1.54) is 13.2 Å². The van der Waals surface area contributed by atoms with Gasteiger partial charge in [0, 0.05) is 18.8 Å². The molecule has 2 amide bonds. The molecule has 0 saturated heterocycles. The van der Waals surface area contributed by atoms with Crippen molar-refractivity contribution < 1.29 is 13.9 Å². The van der Waals surface area contributed by atoms with Crippen LogP contribution in [0, 0.1) is 12.7 Å². The van der Waals surface area contributed by atoms with Crippen molar-refractivity contribution in [3.05, 3.63) is 53.5 Å². The molecule has 2 N–H and O–H groups in total. The SMILES string of the molecule is COc1cc(CNC(=O)Nc2cc(C)ccc2F)ccn1. The summed E-state index contributed by atoms with van der Waals surface area (Å²) in [5, 5.41) is 5.12. The van der Waals surface area contributed by atoms with Gasteiger partial charge >= 0.3 is 6.03 Å². The monoisotopic (exact) mass is 289 g/mol. The molecule has 0 aliphatic heterocycles. The summed E-state index contributed by atoms with van der Waals surface area (Å²) >= 11 is 0. The number of ether oxygens (including phenoxy) is 1. The lowest BCUT2D eigenvalue weighted by molar-refractivity contribution is 0.251. The van der Waals surface area contributed by atoms with Crippen molar-refractivity contribution in [2.24, 2.45) is 0 Å². The van der Waals surface area contributed by atoms with Crippen molar-refractivity contribution in [1.82, 2.24) is 10.3 Å². The van der Waals surface area contributed by atoms with Crippen LogP contribution >= 0.6 is 0 Å². The lowest BCUT2D eigenvalue weighted by Crippen LogP contribution is -2.28. The molecule has 0 spiro atoms. The smallest absolute Gasteiger partial charge is 0.319 e. The van der Waals surface area contributed by atoms with E-state index in [0.717, 1.165) is 11.1 Å². The predicted octanol–water partition coefficient (Wildman–Crippen LogP) is 2.86. The molecule has 2 aromatic rings. The van der Waals surface area contributed by atoms with Gasteiger partial charge in [0.05, 0.1) is 12.8 Å². The summed E-state index contributed by atoms with van der Waals surface area (Å²) in [6.07, 6.45) is 1.59. The van der Waals surface area contributed by atoms with Crippen LogP contribution in [-0.4, -0.2) is 18.1 Å². The number of halogens is 1. The summed E-state index contributed by atoms with van der Waals surface area (Å²) in [6, 6.07) is 7.53. The van der Waals surface area contributed by atoms with Gasteiger partial charge in [-0.2, -0.15) is 0 Å². The fourth-order valence-corrected chi connectivity index (χ4v) is 1.76. The zero-order valence-electron chi connectivity index (χ0n) is 11.8. The Morgan fingerprint density at radius 1 is 1.33 bits per heavy atom. The third-order valence-corrected chi connectivity index (χ3v) is 2.83. The molecular weight excluding hydrogens is 273 g/mol. The van der Waals surface area contributed by atoms with Gasteiger partial charge < -0.3 is 15.4 Å². The minimum atomic E-state index is -0.477. The summed E-state index contributed by atoms with van der Waals surface area (Å²) in [4.78, 5) is 15.7. The van der Waals surface area contributed by atoms with Crippen molar-refractivity contribution in [3.8, 4) is 5.88 Å². The zero-order valence-corrected chi connectivity index (χ0v) is 11.8. The fraction of sp³-hybridized carbons (Fsp3) is 0.200. The van der Waals surface area contributed by atoms with Gasteiger partial charge in [0.15, 0.2) is 0 Å². The quantitative estimate of drug-likeness (QED) is 0.909. The Kier molecular flexibility index (Phi) is 4.71. The molecule has 1 aromatic heterocycles. The van der Waals surface area contributed by atoms with Crippen molar-refractivity contribution in [2.45, 2.75) is 13.5 Å². The average Bonchev–Trinajstić information content (AvgIpc) is 2.49. The van der Waals surface area contributed by atoms with Crippen LogP contribution in [0.5, 0.6) is 5.88 Å². The van der Waals surface area contributed by atoms with Crippen LogP contribution in [0.25, 0.3) is 0 Å². The van der Waals surface area contributed by atoms with Crippen LogP contribution in [0.1, 0.15) is 11.1 Å². The first kappa shape index (κ1) is 14.8. The minimum absolute atomic E-state index is 0.153.